The maximum atomic E-state index is 11.7. The lowest BCUT2D eigenvalue weighted by molar-refractivity contribution is -0.137. The third-order valence-electron chi connectivity index (χ3n) is 3.54. The lowest BCUT2D eigenvalue weighted by atomic mass is 10.1. The first kappa shape index (κ1) is 16.5. The van der Waals surface area contributed by atoms with Crippen LogP contribution in [0, 0.1) is 0 Å². The highest BCUT2D eigenvalue weighted by atomic mass is 16.5. The number of hydrogen-bond donors (Lipinski definition) is 2. The van der Waals surface area contributed by atoms with Crippen molar-refractivity contribution in [3.8, 4) is 0 Å². The number of amides is 1. The summed E-state index contributed by atoms with van der Waals surface area (Å²) in [4.78, 5) is 24.4. The highest BCUT2D eigenvalue weighted by molar-refractivity contribution is 5.90. The molecule has 1 aromatic rings. The molecule has 2 N–H and O–H groups in total. The van der Waals surface area contributed by atoms with Gasteiger partial charge in [0.2, 0.25) is 5.91 Å². The first-order valence-electron chi connectivity index (χ1n) is 7.54. The molecule has 2 rings (SSSR count). The molecule has 0 aliphatic carbocycles. The van der Waals surface area contributed by atoms with Gasteiger partial charge >= 0.3 is 5.97 Å². The number of carboxylic acid groups (broad SMARTS) is 1. The molecule has 0 spiro atoms. The summed E-state index contributed by atoms with van der Waals surface area (Å²) in [6.07, 6.45) is 0.601. The molecule has 6 nitrogen and oxygen atoms in total. The Bertz CT molecular complexity index is 495. The van der Waals surface area contributed by atoms with E-state index in [1.165, 1.54) is 5.56 Å². The second kappa shape index (κ2) is 8.51. The fourth-order valence-corrected chi connectivity index (χ4v) is 2.33. The fourth-order valence-electron chi connectivity index (χ4n) is 2.33. The van der Waals surface area contributed by atoms with Gasteiger partial charge in [-0.3, -0.25) is 14.5 Å². The van der Waals surface area contributed by atoms with Crippen molar-refractivity contribution in [1.29, 1.82) is 0 Å². The Kier molecular flexibility index (Phi) is 6.36. The Hall–Kier alpha value is -1.92. The van der Waals surface area contributed by atoms with Crippen molar-refractivity contribution in [1.82, 2.24) is 4.90 Å². The predicted octanol–water partition coefficient (Wildman–Crippen LogP) is 1.71. The van der Waals surface area contributed by atoms with Crippen LogP contribution in [0.1, 0.15) is 24.8 Å². The molecule has 1 aliphatic heterocycles. The summed E-state index contributed by atoms with van der Waals surface area (Å²) in [6.45, 7) is 4.34. The molecule has 1 saturated heterocycles. The van der Waals surface area contributed by atoms with Crippen molar-refractivity contribution >= 4 is 17.6 Å². The molecule has 0 aromatic heterocycles. The number of carboxylic acids is 1. The SMILES string of the molecule is O=C(O)CCCC(=O)Nc1ccc(CN2CCOCC2)cc1. The van der Waals surface area contributed by atoms with Crippen molar-refractivity contribution in [2.75, 3.05) is 31.6 Å². The zero-order valence-corrected chi connectivity index (χ0v) is 12.6. The highest BCUT2D eigenvalue weighted by Gasteiger charge is 2.10. The van der Waals surface area contributed by atoms with Gasteiger partial charge in [-0.25, -0.2) is 0 Å². The largest absolute Gasteiger partial charge is 0.481 e. The van der Waals surface area contributed by atoms with Gasteiger partial charge in [0.1, 0.15) is 0 Å². The van der Waals surface area contributed by atoms with Crippen LogP contribution in [0.2, 0.25) is 0 Å². The topological polar surface area (TPSA) is 78.9 Å². The summed E-state index contributed by atoms with van der Waals surface area (Å²) in [6, 6.07) is 7.76. The van der Waals surface area contributed by atoms with E-state index in [2.05, 4.69) is 10.2 Å². The van der Waals surface area contributed by atoms with Crippen molar-refractivity contribution < 1.29 is 19.4 Å². The average Bonchev–Trinajstić information content (AvgIpc) is 2.50. The van der Waals surface area contributed by atoms with Crippen LogP contribution < -0.4 is 5.32 Å². The van der Waals surface area contributed by atoms with Crippen LogP contribution in [0.4, 0.5) is 5.69 Å². The van der Waals surface area contributed by atoms with E-state index in [0.29, 0.717) is 6.42 Å². The van der Waals surface area contributed by atoms with Crippen LogP contribution in [-0.2, 0) is 20.9 Å². The number of benzene rings is 1. The van der Waals surface area contributed by atoms with E-state index >= 15 is 0 Å². The van der Waals surface area contributed by atoms with E-state index in [4.69, 9.17) is 9.84 Å². The molecule has 1 aliphatic rings. The molecule has 0 unspecified atom stereocenters. The third-order valence-corrected chi connectivity index (χ3v) is 3.54. The minimum absolute atomic E-state index is 0.0197. The zero-order valence-electron chi connectivity index (χ0n) is 12.6. The summed E-state index contributed by atoms with van der Waals surface area (Å²) in [5, 5.41) is 11.3. The van der Waals surface area contributed by atoms with Crippen LogP contribution in [0.15, 0.2) is 24.3 Å². The van der Waals surface area contributed by atoms with Crippen molar-refractivity contribution in [3.63, 3.8) is 0 Å². The molecular formula is C16H22N2O4. The smallest absolute Gasteiger partial charge is 0.303 e. The maximum Gasteiger partial charge on any atom is 0.303 e. The van der Waals surface area contributed by atoms with E-state index in [9.17, 15) is 9.59 Å². The fraction of sp³-hybridized carbons (Fsp3) is 0.500. The second-order valence-electron chi connectivity index (χ2n) is 5.38. The van der Waals surface area contributed by atoms with Gasteiger partial charge in [0, 0.05) is 38.2 Å². The van der Waals surface area contributed by atoms with Crippen molar-refractivity contribution in [2.24, 2.45) is 0 Å². The number of anilines is 1. The van der Waals surface area contributed by atoms with Gasteiger partial charge in [0.05, 0.1) is 13.2 Å². The third kappa shape index (κ3) is 5.83. The van der Waals surface area contributed by atoms with E-state index < -0.39 is 5.97 Å². The zero-order chi connectivity index (χ0) is 15.8. The summed E-state index contributed by atoms with van der Waals surface area (Å²) >= 11 is 0. The van der Waals surface area contributed by atoms with Gasteiger partial charge < -0.3 is 15.2 Å². The average molecular weight is 306 g/mol. The molecule has 1 aromatic carbocycles. The Balaban J connectivity index is 1.76. The first-order valence-corrected chi connectivity index (χ1v) is 7.54. The van der Waals surface area contributed by atoms with Gasteiger partial charge in [-0.05, 0) is 24.1 Å². The Morgan fingerprint density at radius 3 is 2.45 bits per heavy atom. The summed E-state index contributed by atoms with van der Waals surface area (Å²) in [5.74, 6) is -1.03. The lowest BCUT2D eigenvalue weighted by Crippen LogP contribution is -2.35. The van der Waals surface area contributed by atoms with Crippen LogP contribution in [0.25, 0.3) is 0 Å². The van der Waals surface area contributed by atoms with E-state index in [1.807, 2.05) is 24.3 Å². The highest BCUT2D eigenvalue weighted by Crippen LogP contribution is 2.13. The predicted molar refractivity (Wildman–Crippen MR) is 82.7 cm³/mol. The molecule has 1 fully saturated rings. The monoisotopic (exact) mass is 306 g/mol. The Morgan fingerprint density at radius 1 is 1.14 bits per heavy atom. The number of morpholine rings is 1. The number of carbonyl (C=O) groups excluding carboxylic acids is 1. The van der Waals surface area contributed by atoms with Gasteiger partial charge in [-0.2, -0.15) is 0 Å². The number of carbonyl (C=O) groups is 2. The summed E-state index contributed by atoms with van der Waals surface area (Å²) in [7, 11) is 0. The quantitative estimate of drug-likeness (QED) is 0.802. The molecule has 6 heteroatoms. The minimum atomic E-state index is -0.875. The first-order chi connectivity index (χ1) is 10.6. The number of ether oxygens (including phenoxy) is 1. The number of aliphatic carboxylic acids is 1. The van der Waals surface area contributed by atoms with Gasteiger partial charge in [-0.15, -0.1) is 0 Å². The minimum Gasteiger partial charge on any atom is -0.481 e. The van der Waals surface area contributed by atoms with Crippen LogP contribution in [0.5, 0.6) is 0 Å². The Labute approximate surface area is 130 Å². The molecule has 0 bridgehead atoms. The standard InChI is InChI=1S/C16H22N2O4/c19-15(2-1-3-16(20)21)17-14-6-4-13(5-7-14)12-18-8-10-22-11-9-18/h4-7H,1-3,8-12H2,(H,17,19)(H,20,21). The van der Waals surface area contributed by atoms with Crippen LogP contribution in [0.3, 0.4) is 0 Å². The maximum absolute atomic E-state index is 11.7. The number of rotatable bonds is 7. The van der Waals surface area contributed by atoms with Crippen molar-refractivity contribution in [2.45, 2.75) is 25.8 Å². The molecule has 0 saturated carbocycles. The van der Waals surface area contributed by atoms with Gasteiger partial charge in [0.15, 0.2) is 0 Å². The molecule has 0 atom stereocenters. The molecule has 1 heterocycles. The Morgan fingerprint density at radius 2 is 1.82 bits per heavy atom. The molecular weight excluding hydrogens is 284 g/mol. The molecule has 120 valence electrons. The van der Waals surface area contributed by atoms with Gasteiger partial charge in [0.25, 0.3) is 0 Å². The number of nitrogens with one attached hydrogen (secondary N) is 1. The van der Waals surface area contributed by atoms with E-state index in [1.54, 1.807) is 0 Å². The lowest BCUT2D eigenvalue weighted by Gasteiger charge is -2.26. The second-order valence-corrected chi connectivity index (χ2v) is 5.38. The summed E-state index contributed by atoms with van der Waals surface area (Å²) < 4.78 is 5.32. The van der Waals surface area contributed by atoms with Gasteiger partial charge in [-0.1, -0.05) is 12.1 Å². The van der Waals surface area contributed by atoms with Crippen LogP contribution in [-0.4, -0.2) is 48.2 Å². The molecule has 1 amide bonds. The van der Waals surface area contributed by atoms with Crippen molar-refractivity contribution in [3.05, 3.63) is 29.8 Å². The van der Waals surface area contributed by atoms with E-state index in [0.717, 1.165) is 38.5 Å². The molecule has 22 heavy (non-hydrogen) atoms. The summed E-state index contributed by atoms with van der Waals surface area (Å²) in [5.41, 5.74) is 1.94. The number of nitrogens with zero attached hydrogens (tertiary/aromatic N) is 1. The van der Waals surface area contributed by atoms with E-state index in [-0.39, 0.29) is 18.7 Å². The number of hydrogen-bond acceptors (Lipinski definition) is 4. The normalized spacial score (nSPS) is 15.5. The molecule has 0 radical (unpaired) electrons. The van der Waals surface area contributed by atoms with Crippen LogP contribution >= 0.6 is 0 Å².